The number of carbonyl (C=O) groups is 1. The molecule has 1 heterocycles. The molecule has 6 heteroatoms. The number of urea groups is 1. The van der Waals surface area contributed by atoms with Gasteiger partial charge in [-0.2, -0.15) is 0 Å². The fraction of sp³-hybridized carbons (Fsp3) is 0.286. The summed E-state index contributed by atoms with van der Waals surface area (Å²) >= 11 is 0. The Bertz CT molecular complexity index is 918. The molecule has 0 spiro atoms. The Balaban J connectivity index is 1.66. The third-order valence-corrected chi connectivity index (χ3v) is 4.49. The molecule has 0 radical (unpaired) electrons. The normalized spacial score (nSPS) is 11.9. The minimum absolute atomic E-state index is 0.0987. The van der Waals surface area contributed by atoms with Gasteiger partial charge in [0.05, 0.1) is 12.6 Å². The molecule has 3 aromatic rings. The van der Waals surface area contributed by atoms with E-state index in [1.54, 1.807) is 24.3 Å². The maximum Gasteiger partial charge on any atom is 0.317 e. The maximum absolute atomic E-state index is 12.6. The van der Waals surface area contributed by atoms with Gasteiger partial charge < -0.3 is 15.1 Å². The highest BCUT2D eigenvalue weighted by molar-refractivity contribution is 5.86. The fourth-order valence-corrected chi connectivity index (χ4v) is 3.01. The van der Waals surface area contributed by atoms with Crippen LogP contribution in [0.4, 0.5) is 10.7 Å². The van der Waals surface area contributed by atoms with Crippen LogP contribution < -0.4 is 10.2 Å². The first-order valence-electron chi connectivity index (χ1n) is 8.93. The second-order valence-electron chi connectivity index (χ2n) is 6.88. The molecule has 0 bridgehead atoms. The molecule has 1 aromatic heterocycles. The highest BCUT2D eigenvalue weighted by atomic mass is 16.2. The molecule has 0 saturated heterocycles. The Kier molecular flexibility index (Phi) is 5.54. The van der Waals surface area contributed by atoms with Crippen LogP contribution in [0.3, 0.4) is 0 Å². The van der Waals surface area contributed by atoms with Crippen LogP contribution in [-0.4, -0.2) is 42.0 Å². The first-order valence-corrected chi connectivity index (χ1v) is 8.93. The molecule has 1 unspecified atom stereocenters. The minimum Gasteiger partial charge on any atom is -0.347 e. The third kappa shape index (κ3) is 4.34. The van der Waals surface area contributed by atoms with Gasteiger partial charge in [0.25, 0.3) is 0 Å². The standard InChI is InChI=1S/C21H25N5O/c1-15(18-11-7-9-17-8-5-6-10-19(17)18)24-21(27)26(4)14-16-12-22-20(23-13-16)25(2)3/h5-13,15H,14H2,1-4H3,(H,24,27). The summed E-state index contributed by atoms with van der Waals surface area (Å²) in [5.74, 6) is 0.649. The van der Waals surface area contributed by atoms with Crippen LogP contribution in [0, 0.1) is 0 Å². The number of benzene rings is 2. The molecule has 1 N–H and O–H groups in total. The zero-order valence-electron chi connectivity index (χ0n) is 16.2. The van der Waals surface area contributed by atoms with E-state index in [1.165, 1.54) is 5.39 Å². The Morgan fingerprint density at radius 3 is 2.41 bits per heavy atom. The molecule has 6 nitrogen and oxygen atoms in total. The van der Waals surface area contributed by atoms with Crippen LogP contribution in [0.25, 0.3) is 10.8 Å². The summed E-state index contributed by atoms with van der Waals surface area (Å²) in [7, 11) is 5.55. The molecule has 140 valence electrons. The van der Waals surface area contributed by atoms with Gasteiger partial charge >= 0.3 is 6.03 Å². The predicted octanol–water partition coefficient (Wildman–Crippen LogP) is 3.60. The number of fused-ring (bicyclic) bond motifs is 1. The molecule has 0 aliphatic carbocycles. The van der Waals surface area contributed by atoms with E-state index in [0.717, 1.165) is 16.5 Å². The summed E-state index contributed by atoms with van der Waals surface area (Å²) in [4.78, 5) is 24.7. The third-order valence-electron chi connectivity index (χ3n) is 4.49. The van der Waals surface area contributed by atoms with E-state index < -0.39 is 0 Å². The second-order valence-corrected chi connectivity index (χ2v) is 6.88. The number of amides is 2. The van der Waals surface area contributed by atoms with Crippen LogP contribution in [-0.2, 0) is 6.54 Å². The van der Waals surface area contributed by atoms with Crippen LogP contribution in [0.2, 0.25) is 0 Å². The summed E-state index contributed by atoms with van der Waals surface area (Å²) in [6, 6.07) is 14.1. The van der Waals surface area contributed by atoms with E-state index in [1.807, 2.05) is 44.1 Å². The van der Waals surface area contributed by atoms with Gasteiger partial charge in [0.15, 0.2) is 0 Å². The molecule has 0 saturated carbocycles. The largest absolute Gasteiger partial charge is 0.347 e. The van der Waals surface area contributed by atoms with Crippen molar-refractivity contribution in [1.29, 1.82) is 0 Å². The van der Waals surface area contributed by atoms with Crippen LogP contribution in [0.5, 0.6) is 0 Å². The number of anilines is 1. The van der Waals surface area contributed by atoms with Crippen molar-refractivity contribution in [2.75, 3.05) is 26.0 Å². The van der Waals surface area contributed by atoms with Crippen molar-refractivity contribution in [2.24, 2.45) is 0 Å². The maximum atomic E-state index is 12.6. The lowest BCUT2D eigenvalue weighted by atomic mass is 10.00. The predicted molar refractivity (Wildman–Crippen MR) is 109 cm³/mol. The average molecular weight is 363 g/mol. The van der Waals surface area contributed by atoms with Gasteiger partial charge in [-0.3, -0.25) is 0 Å². The molecular weight excluding hydrogens is 338 g/mol. The lowest BCUT2D eigenvalue weighted by Crippen LogP contribution is -2.38. The number of hydrogen-bond donors (Lipinski definition) is 1. The van der Waals surface area contributed by atoms with Crippen molar-refractivity contribution in [3.05, 3.63) is 66.0 Å². The van der Waals surface area contributed by atoms with Gasteiger partial charge in [0, 0.05) is 39.1 Å². The van der Waals surface area contributed by atoms with Gasteiger partial charge in [-0.05, 0) is 23.3 Å². The molecule has 2 aromatic carbocycles. The summed E-state index contributed by atoms with van der Waals surface area (Å²) in [5, 5.41) is 5.40. The zero-order valence-corrected chi connectivity index (χ0v) is 16.2. The van der Waals surface area contributed by atoms with Crippen molar-refractivity contribution in [3.8, 4) is 0 Å². The van der Waals surface area contributed by atoms with E-state index in [9.17, 15) is 4.79 Å². The van der Waals surface area contributed by atoms with Gasteiger partial charge in [-0.25, -0.2) is 14.8 Å². The molecule has 1 atom stereocenters. The number of rotatable bonds is 5. The number of carbonyl (C=O) groups excluding carboxylic acids is 1. The Hall–Kier alpha value is -3.15. The van der Waals surface area contributed by atoms with Crippen LogP contribution in [0.15, 0.2) is 54.9 Å². The van der Waals surface area contributed by atoms with Crippen LogP contribution in [0.1, 0.15) is 24.1 Å². The number of aromatic nitrogens is 2. The van der Waals surface area contributed by atoms with E-state index >= 15 is 0 Å². The van der Waals surface area contributed by atoms with E-state index in [-0.39, 0.29) is 12.1 Å². The molecule has 3 rings (SSSR count). The van der Waals surface area contributed by atoms with Crippen molar-refractivity contribution < 1.29 is 4.79 Å². The molecule has 2 amide bonds. The number of nitrogens with zero attached hydrogens (tertiary/aromatic N) is 4. The van der Waals surface area contributed by atoms with E-state index in [4.69, 9.17) is 0 Å². The zero-order chi connectivity index (χ0) is 19.4. The highest BCUT2D eigenvalue weighted by Gasteiger charge is 2.15. The topological polar surface area (TPSA) is 61.4 Å². The van der Waals surface area contributed by atoms with Gasteiger partial charge in [0.2, 0.25) is 5.95 Å². The van der Waals surface area contributed by atoms with E-state index in [2.05, 4.69) is 39.6 Å². The summed E-state index contributed by atoms with van der Waals surface area (Å²) < 4.78 is 0. The SMILES string of the molecule is CC(NC(=O)N(C)Cc1cnc(N(C)C)nc1)c1cccc2ccccc12. The molecular formula is C21H25N5O. The molecule has 27 heavy (non-hydrogen) atoms. The van der Waals surface area contributed by atoms with Gasteiger partial charge in [0.1, 0.15) is 0 Å². The first kappa shape index (κ1) is 18.6. The minimum atomic E-state index is -0.132. The summed E-state index contributed by atoms with van der Waals surface area (Å²) in [5.41, 5.74) is 1.99. The smallest absolute Gasteiger partial charge is 0.317 e. The number of hydrogen-bond acceptors (Lipinski definition) is 4. The molecule has 0 aliphatic heterocycles. The highest BCUT2D eigenvalue weighted by Crippen LogP contribution is 2.24. The van der Waals surface area contributed by atoms with Crippen molar-refractivity contribution in [1.82, 2.24) is 20.2 Å². The Labute approximate surface area is 159 Å². The number of nitrogens with one attached hydrogen (secondary N) is 1. The van der Waals surface area contributed by atoms with Crippen LogP contribution >= 0.6 is 0 Å². The second kappa shape index (κ2) is 8.03. The first-order chi connectivity index (χ1) is 13.0. The molecule has 0 fully saturated rings. The van der Waals surface area contributed by atoms with Crippen molar-refractivity contribution in [3.63, 3.8) is 0 Å². The summed E-state index contributed by atoms with van der Waals surface area (Å²) in [6.45, 7) is 2.45. The lowest BCUT2D eigenvalue weighted by molar-refractivity contribution is 0.203. The van der Waals surface area contributed by atoms with E-state index in [0.29, 0.717) is 12.5 Å². The lowest BCUT2D eigenvalue weighted by Gasteiger charge is -2.22. The van der Waals surface area contributed by atoms with Gasteiger partial charge in [-0.15, -0.1) is 0 Å². The van der Waals surface area contributed by atoms with Crippen molar-refractivity contribution >= 4 is 22.8 Å². The molecule has 0 aliphatic rings. The Morgan fingerprint density at radius 2 is 1.70 bits per heavy atom. The Morgan fingerprint density at radius 1 is 1.04 bits per heavy atom. The van der Waals surface area contributed by atoms with Gasteiger partial charge in [-0.1, -0.05) is 42.5 Å². The quantitative estimate of drug-likeness (QED) is 0.752. The average Bonchev–Trinajstić information content (AvgIpc) is 2.67. The summed E-state index contributed by atoms with van der Waals surface area (Å²) in [6.07, 6.45) is 3.50. The monoisotopic (exact) mass is 363 g/mol. The van der Waals surface area contributed by atoms with Crippen molar-refractivity contribution in [2.45, 2.75) is 19.5 Å². The fourth-order valence-electron chi connectivity index (χ4n) is 3.01.